The second kappa shape index (κ2) is 14.3. The van der Waals surface area contributed by atoms with Crippen molar-refractivity contribution in [3.05, 3.63) is 0 Å². The van der Waals surface area contributed by atoms with Crippen LogP contribution in [0.1, 0.15) is 45.4 Å². The van der Waals surface area contributed by atoms with Gasteiger partial charge in [-0.05, 0) is 32.6 Å². The molecule has 0 saturated carbocycles. The van der Waals surface area contributed by atoms with Gasteiger partial charge >= 0.3 is 11.9 Å². The second-order valence-corrected chi connectivity index (χ2v) is 4.34. The molecule has 0 aromatic rings. The zero-order valence-corrected chi connectivity index (χ0v) is 12.3. The largest absolute Gasteiger partial charge is 0.481 e. The number of carbonyl (C=O) groups excluding carboxylic acids is 1. The average molecular weight is 290 g/mol. The number of unbranched alkanes of at least 4 members (excludes halogenated alkanes) is 2. The topological polar surface area (TPSA) is 82.1 Å². The number of hydrogen-bond donors (Lipinski definition) is 1. The predicted octanol–water partition coefficient (Wildman–Crippen LogP) is 2.01. The van der Waals surface area contributed by atoms with E-state index >= 15 is 0 Å². The van der Waals surface area contributed by atoms with Gasteiger partial charge in [0.05, 0.1) is 19.4 Å². The SMILES string of the molecule is CCOCCCCOCCCCOC(=O)CCC(=O)O. The maximum Gasteiger partial charge on any atom is 0.306 e. The highest BCUT2D eigenvalue weighted by Crippen LogP contribution is 1.98. The van der Waals surface area contributed by atoms with Gasteiger partial charge in [-0.3, -0.25) is 9.59 Å². The van der Waals surface area contributed by atoms with Gasteiger partial charge in [0.2, 0.25) is 0 Å². The highest BCUT2D eigenvalue weighted by molar-refractivity contribution is 5.76. The predicted molar refractivity (Wildman–Crippen MR) is 73.6 cm³/mol. The number of rotatable bonds is 14. The van der Waals surface area contributed by atoms with E-state index in [0.29, 0.717) is 13.2 Å². The minimum absolute atomic E-state index is 0.0638. The Morgan fingerprint density at radius 1 is 0.850 bits per heavy atom. The molecule has 1 N–H and O–H groups in total. The molecule has 0 aliphatic heterocycles. The van der Waals surface area contributed by atoms with Crippen LogP contribution in [0.5, 0.6) is 0 Å². The van der Waals surface area contributed by atoms with Gasteiger partial charge in [-0.25, -0.2) is 0 Å². The first kappa shape index (κ1) is 18.9. The van der Waals surface area contributed by atoms with Crippen molar-refractivity contribution in [3.8, 4) is 0 Å². The first-order valence-electron chi connectivity index (χ1n) is 7.19. The molecule has 0 spiro atoms. The molecule has 118 valence electrons. The lowest BCUT2D eigenvalue weighted by Crippen LogP contribution is -2.09. The molecular formula is C14H26O6. The number of carbonyl (C=O) groups is 2. The van der Waals surface area contributed by atoms with Crippen molar-refractivity contribution in [2.75, 3.05) is 33.0 Å². The van der Waals surface area contributed by atoms with Crippen LogP contribution in [0, 0.1) is 0 Å². The summed E-state index contributed by atoms with van der Waals surface area (Å²) in [4.78, 5) is 21.3. The van der Waals surface area contributed by atoms with Crippen LogP contribution in [-0.2, 0) is 23.8 Å². The van der Waals surface area contributed by atoms with Crippen LogP contribution < -0.4 is 0 Å². The molecule has 6 nitrogen and oxygen atoms in total. The molecule has 6 heteroatoms. The fraction of sp³-hybridized carbons (Fsp3) is 0.857. The summed E-state index contributed by atoms with van der Waals surface area (Å²) in [7, 11) is 0. The quantitative estimate of drug-likeness (QED) is 0.389. The normalized spacial score (nSPS) is 10.4. The fourth-order valence-corrected chi connectivity index (χ4v) is 1.43. The Labute approximate surface area is 120 Å². The minimum Gasteiger partial charge on any atom is -0.481 e. The van der Waals surface area contributed by atoms with E-state index in [1.54, 1.807) is 0 Å². The molecule has 0 rings (SSSR count). The van der Waals surface area contributed by atoms with Gasteiger partial charge in [0.1, 0.15) is 0 Å². The van der Waals surface area contributed by atoms with Gasteiger partial charge in [0.15, 0.2) is 0 Å². The standard InChI is InChI=1S/C14H26O6/c1-2-18-9-3-4-10-19-11-5-6-12-20-14(17)8-7-13(15)16/h2-12H2,1H3,(H,15,16). The maximum atomic E-state index is 11.1. The van der Waals surface area contributed by atoms with Gasteiger partial charge in [0.25, 0.3) is 0 Å². The van der Waals surface area contributed by atoms with E-state index in [-0.39, 0.29) is 12.8 Å². The molecule has 0 saturated heterocycles. The van der Waals surface area contributed by atoms with Crippen LogP contribution in [0.25, 0.3) is 0 Å². The van der Waals surface area contributed by atoms with E-state index in [2.05, 4.69) is 0 Å². The molecule has 0 aromatic heterocycles. The van der Waals surface area contributed by atoms with Crippen molar-refractivity contribution in [3.63, 3.8) is 0 Å². The average Bonchev–Trinajstić information content (AvgIpc) is 2.42. The van der Waals surface area contributed by atoms with E-state index in [0.717, 1.165) is 45.5 Å². The van der Waals surface area contributed by atoms with Crippen molar-refractivity contribution in [1.29, 1.82) is 0 Å². The van der Waals surface area contributed by atoms with Gasteiger partial charge in [0, 0.05) is 26.4 Å². The van der Waals surface area contributed by atoms with E-state index in [9.17, 15) is 9.59 Å². The molecule has 0 heterocycles. The van der Waals surface area contributed by atoms with Gasteiger partial charge in [-0.2, -0.15) is 0 Å². The Bertz CT molecular complexity index is 254. The maximum absolute atomic E-state index is 11.1. The second-order valence-electron chi connectivity index (χ2n) is 4.34. The molecule has 0 bridgehead atoms. The zero-order chi connectivity index (χ0) is 15.1. The molecule has 0 unspecified atom stereocenters. The molecule has 0 amide bonds. The summed E-state index contributed by atoms with van der Waals surface area (Å²) in [5.74, 6) is -1.44. The van der Waals surface area contributed by atoms with E-state index < -0.39 is 11.9 Å². The van der Waals surface area contributed by atoms with Crippen molar-refractivity contribution in [1.82, 2.24) is 0 Å². The molecular weight excluding hydrogens is 264 g/mol. The van der Waals surface area contributed by atoms with Crippen LogP contribution in [0.2, 0.25) is 0 Å². The summed E-state index contributed by atoms with van der Waals surface area (Å²) in [6.07, 6.45) is 3.32. The van der Waals surface area contributed by atoms with Crippen molar-refractivity contribution in [2.24, 2.45) is 0 Å². The van der Waals surface area contributed by atoms with Gasteiger partial charge < -0.3 is 19.3 Å². The van der Waals surface area contributed by atoms with Crippen molar-refractivity contribution in [2.45, 2.75) is 45.4 Å². The third-order valence-corrected chi connectivity index (χ3v) is 2.52. The lowest BCUT2D eigenvalue weighted by atomic mass is 10.3. The molecule has 0 radical (unpaired) electrons. The Kier molecular flexibility index (Phi) is 13.5. The molecule has 0 atom stereocenters. The zero-order valence-electron chi connectivity index (χ0n) is 12.3. The summed E-state index contributed by atoms with van der Waals surface area (Å²) in [5.41, 5.74) is 0. The highest BCUT2D eigenvalue weighted by Gasteiger charge is 2.05. The van der Waals surface area contributed by atoms with Crippen LogP contribution >= 0.6 is 0 Å². The Hall–Kier alpha value is -1.14. The lowest BCUT2D eigenvalue weighted by molar-refractivity contribution is -0.147. The lowest BCUT2D eigenvalue weighted by Gasteiger charge is -2.05. The summed E-state index contributed by atoms with van der Waals surface area (Å²) in [6, 6.07) is 0. The molecule has 0 fully saturated rings. The number of ether oxygens (including phenoxy) is 3. The summed E-state index contributed by atoms with van der Waals surface area (Å²) >= 11 is 0. The third-order valence-electron chi connectivity index (χ3n) is 2.52. The van der Waals surface area contributed by atoms with Crippen LogP contribution in [0.3, 0.4) is 0 Å². The van der Waals surface area contributed by atoms with Gasteiger partial charge in [-0.1, -0.05) is 0 Å². The molecule has 20 heavy (non-hydrogen) atoms. The monoisotopic (exact) mass is 290 g/mol. The molecule has 0 aromatic carbocycles. The number of carboxylic acids is 1. The smallest absolute Gasteiger partial charge is 0.306 e. The Morgan fingerprint density at radius 2 is 1.40 bits per heavy atom. The number of aliphatic carboxylic acids is 1. The number of hydrogen-bond acceptors (Lipinski definition) is 5. The summed E-state index contributed by atoms with van der Waals surface area (Å²) in [6.45, 7) is 5.22. The molecule has 0 aliphatic carbocycles. The van der Waals surface area contributed by atoms with E-state index in [1.807, 2.05) is 6.92 Å². The first-order chi connectivity index (χ1) is 9.66. The van der Waals surface area contributed by atoms with Crippen LogP contribution in [0.4, 0.5) is 0 Å². The highest BCUT2D eigenvalue weighted by atomic mass is 16.5. The molecule has 0 aliphatic rings. The van der Waals surface area contributed by atoms with Gasteiger partial charge in [-0.15, -0.1) is 0 Å². The van der Waals surface area contributed by atoms with Crippen molar-refractivity contribution < 1.29 is 28.9 Å². The van der Waals surface area contributed by atoms with Crippen molar-refractivity contribution >= 4 is 11.9 Å². The number of esters is 1. The fourth-order valence-electron chi connectivity index (χ4n) is 1.43. The first-order valence-corrected chi connectivity index (χ1v) is 7.19. The summed E-state index contributed by atoms with van der Waals surface area (Å²) < 4.78 is 15.5. The number of carboxylic acid groups (broad SMARTS) is 1. The third kappa shape index (κ3) is 14.9. The Morgan fingerprint density at radius 3 is 1.95 bits per heavy atom. The van der Waals surface area contributed by atoms with E-state index in [4.69, 9.17) is 19.3 Å². The van der Waals surface area contributed by atoms with Crippen LogP contribution in [0.15, 0.2) is 0 Å². The minimum atomic E-state index is -0.986. The Balaban J connectivity index is 3.12. The summed E-state index contributed by atoms with van der Waals surface area (Å²) in [5, 5.41) is 8.39. The van der Waals surface area contributed by atoms with Crippen LogP contribution in [-0.4, -0.2) is 50.1 Å². The van der Waals surface area contributed by atoms with E-state index in [1.165, 1.54) is 0 Å².